The van der Waals surface area contributed by atoms with Crippen molar-refractivity contribution in [3.8, 4) is 0 Å². The first-order valence-electron chi connectivity index (χ1n) is 6.76. The van der Waals surface area contributed by atoms with Crippen LogP contribution in [0, 0.1) is 5.92 Å². The molecule has 1 unspecified atom stereocenters. The number of aliphatic hydroxyl groups excluding tert-OH is 1. The van der Waals surface area contributed by atoms with Crippen molar-refractivity contribution in [3.05, 3.63) is 42.0 Å². The molecule has 1 atom stereocenters. The lowest BCUT2D eigenvalue weighted by atomic mass is 9.84. The average Bonchev–Trinajstić information content (AvgIpc) is 2.41. The van der Waals surface area contributed by atoms with E-state index >= 15 is 0 Å². The fourth-order valence-corrected chi connectivity index (χ4v) is 2.62. The van der Waals surface area contributed by atoms with Gasteiger partial charge in [0.05, 0.1) is 6.10 Å². The van der Waals surface area contributed by atoms with Crippen LogP contribution in [0.25, 0.3) is 6.08 Å². The maximum Gasteiger partial charge on any atom is 0.0602 e. The summed E-state index contributed by atoms with van der Waals surface area (Å²) in [6, 6.07) is 10.3. The van der Waals surface area contributed by atoms with Gasteiger partial charge in [0.2, 0.25) is 0 Å². The molecule has 92 valence electrons. The van der Waals surface area contributed by atoms with Gasteiger partial charge in [0, 0.05) is 0 Å². The molecule has 1 aromatic carbocycles. The van der Waals surface area contributed by atoms with Gasteiger partial charge < -0.3 is 5.11 Å². The topological polar surface area (TPSA) is 20.2 Å². The smallest absolute Gasteiger partial charge is 0.0602 e. The Bertz CT molecular complexity index is 336. The molecule has 1 saturated carbocycles. The molecule has 1 nitrogen and oxygen atoms in total. The van der Waals surface area contributed by atoms with E-state index in [0.29, 0.717) is 5.92 Å². The zero-order valence-corrected chi connectivity index (χ0v) is 10.4. The third-order valence-corrected chi connectivity index (χ3v) is 3.68. The Balaban J connectivity index is 1.79. The Kier molecular flexibility index (Phi) is 4.81. The fraction of sp³-hybridized carbons (Fsp3) is 0.500. The second-order valence-corrected chi connectivity index (χ2v) is 5.01. The summed E-state index contributed by atoms with van der Waals surface area (Å²) in [5.41, 5.74) is 1.21. The van der Waals surface area contributed by atoms with Crippen LogP contribution in [-0.2, 0) is 0 Å². The van der Waals surface area contributed by atoms with Crippen LogP contribution in [0.5, 0.6) is 0 Å². The molecule has 17 heavy (non-hydrogen) atoms. The van der Waals surface area contributed by atoms with Crippen molar-refractivity contribution in [3.63, 3.8) is 0 Å². The Labute approximate surface area is 104 Å². The largest absolute Gasteiger partial charge is 0.393 e. The van der Waals surface area contributed by atoms with Crippen molar-refractivity contribution in [1.82, 2.24) is 0 Å². The Hall–Kier alpha value is -1.08. The predicted octanol–water partition coefficient (Wildman–Crippen LogP) is 4.03. The summed E-state index contributed by atoms with van der Waals surface area (Å²) in [5, 5.41) is 10.1. The molecule has 0 aromatic heterocycles. The monoisotopic (exact) mass is 230 g/mol. The van der Waals surface area contributed by atoms with E-state index in [-0.39, 0.29) is 6.10 Å². The van der Waals surface area contributed by atoms with Crippen LogP contribution in [0.2, 0.25) is 0 Å². The van der Waals surface area contributed by atoms with Crippen molar-refractivity contribution in [2.24, 2.45) is 5.92 Å². The first-order valence-corrected chi connectivity index (χ1v) is 6.76. The number of aliphatic hydroxyl groups is 1. The minimum absolute atomic E-state index is 0.143. The van der Waals surface area contributed by atoms with Gasteiger partial charge in [0.25, 0.3) is 0 Å². The van der Waals surface area contributed by atoms with Gasteiger partial charge >= 0.3 is 0 Å². The molecule has 0 amide bonds. The molecule has 1 heteroatoms. The summed E-state index contributed by atoms with van der Waals surface area (Å²) in [6.07, 6.45) is 11.2. The Morgan fingerprint density at radius 2 is 1.82 bits per heavy atom. The van der Waals surface area contributed by atoms with E-state index in [0.717, 1.165) is 6.42 Å². The summed E-state index contributed by atoms with van der Waals surface area (Å²) in [6.45, 7) is 0. The van der Waals surface area contributed by atoms with Crippen molar-refractivity contribution in [1.29, 1.82) is 0 Å². The minimum Gasteiger partial charge on any atom is -0.393 e. The molecule has 1 aromatic rings. The van der Waals surface area contributed by atoms with Crippen molar-refractivity contribution in [2.75, 3.05) is 0 Å². The molecule has 1 aliphatic carbocycles. The number of benzene rings is 1. The normalized spacial score (nSPS) is 19.6. The molecule has 1 fully saturated rings. The highest BCUT2D eigenvalue weighted by Gasteiger charge is 2.20. The summed E-state index contributed by atoms with van der Waals surface area (Å²) in [4.78, 5) is 0. The van der Waals surface area contributed by atoms with Gasteiger partial charge in [-0.1, -0.05) is 61.7 Å². The van der Waals surface area contributed by atoms with Gasteiger partial charge in [-0.15, -0.1) is 0 Å². The lowest BCUT2D eigenvalue weighted by molar-refractivity contribution is 0.0875. The van der Waals surface area contributed by atoms with Crippen molar-refractivity contribution >= 4 is 6.08 Å². The van der Waals surface area contributed by atoms with E-state index in [1.54, 1.807) is 0 Å². The molecular formula is C16H22O. The average molecular weight is 230 g/mol. The zero-order chi connectivity index (χ0) is 11.9. The summed E-state index contributed by atoms with van der Waals surface area (Å²) < 4.78 is 0. The molecule has 2 rings (SSSR count). The Morgan fingerprint density at radius 1 is 1.12 bits per heavy atom. The third kappa shape index (κ3) is 4.01. The standard InChI is InChI=1S/C16H22O/c17-16(15-11-5-2-6-12-15)13-7-10-14-8-3-1-4-9-14/h1,3-4,7-10,15-17H,2,5-6,11-13H2/b10-7+. The molecule has 0 radical (unpaired) electrons. The van der Waals surface area contributed by atoms with Gasteiger partial charge in [-0.3, -0.25) is 0 Å². The molecule has 0 spiro atoms. The third-order valence-electron chi connectivity index (χ3n) is 3.68. The van der Waals surface area contributed by atoms with E-state index in [2.05, 4.69) is 24.3 Å². The van der Waals surface area contributed by atoms with Crippen LogP contribution in [-0.4, -0.2) is 11.2 Å². The molecule has 0 aliphatic heterocycles. The van der Waals surface area contributed by atoms with Crippen LogP contribution < -0.4 is 0 Å². The maximum absolute atomic E-state index is 10.1. The number of hydrogen-bond acceptors (Lipinski definition) is 1. The lowest BCUT2D eigenvalue weighted by Gasteiger charge is -2.25. The highest BCUT2D eigenvalue weighted by molar-refractivity contribution is 5.48. The zero-order valence-electron chi connectivity index (χ0n) is 10.4. The first-order chi connectivity index (χ1) is 8.36. The minimum atomic E-state index is -0.143. The van der Waals surface area contributed by atoms with E-state index < -0.39 is 0 Å². The molecular weight excluding hydrogens is 208 g/mol. The van der Waals surface area contributed by atoms with Crippen LogP contribution in [0.3, 0.4) is 0 Å². The van der Waals surface area contributed by atoms with Crippen molar-refractivity contribution < 1.29 is 5.11 Å². The van der Waals surface area contributed by atoms with E-state index in [1.165, 1.54) is 37.7 Å². The lowest BCUT2D eigenvalue weighted by Crippen LogP contribution is -2.22. The van der Waals surface area contributed by atoms with Gasteiger partial charge in [-0.05, 0) is 30.7 Å². The number of hydrogen-bond donors (Lipinski definition) is 1. The quantitative estimate of drug-likeness (QED) is 0.828. The second-order valence-electron chi connectivity index (χ2n) is 5.01. The van der Waals surface area contributed by atoms with Crippen molar-refractivity contribution in [2.45, 2.75) is 44.6 Å². The van der Waals surface area contributed by atoms with Crippen LogP contribution in [0.1, 0.15) is 44.1 Å². The van der Waals surface area contributed by atoms with E-state index in [4.69, 9.17) is 0 Å². The highest BCUT2D eigenvalue weighted by atomic mass is 16.3. The highest BCUT2D eigenvalue weighted by Crippen LogP contribution is 2.27. The van der Waals surface area contributed by atoms with Crippen LogP contribution in [0.15, 0.2) is 36.4 Å². The molecule has 0 heterocycles. The van der Waals surface area contributed by atoms with Gasteiger partial charge in [-0.25, -0.2) is 0 Å². The van der Waals surface area contributed by atoms with Gasteiger partial charge in [-0.2, -0.15) is 0 Å². The number of rotatable bonds is 4. The maximum atomic E-state index is 10.1. The van der Waals surface area contributed by atoms with Crippen LogP contribution >= 0.6 is 0 Å². The molecule has 0 bridgehead atoms. The molecule has 0 saturated heterocycles. The second kappa shape index (κ2) is 6.61. The predicted molar refractivity (Wildman–Crippen MR) is 72.7 cm³/mol. The van der Waals surface area contributed by atoms with Crippen LogP contribution in [0.4, 0.5) is 0 Å². The first kappa shape index (κ1) is 12.4. The SMILES string of the molecule is OC(C/C=C/c1ccccc1)C1CCCCC1. The summed E-state index contributed by atoms with van der Waals surface area (Å²) in [7, 11) is 0. The van der Waals surface area contributed by atoms with Gasteiger partial charge in [0.1, 0.15) is 0 Å². The molecule has 1 aliphatic rings. The summed E-state index contributed by atoms with van der Waals surface area (Å²) >= 11 is 0. The Morgan fingerprint density at radius 3 is 2.53 bits per heavy atom. The van der Waals surface area contributed by atoms with E-state index in [9.17, 15) is 5.11 Å². The fourth-order valence-electron chi connectivity index (χ4n) is 2.62. The van der Waals surface area contributed by atoms with Gasteiger partial charge in [0.15, 0.2) is 0 Å². The summed E-state index contributed by atoms with van der Waals surface area (Å²) in [5.74, 6) is 0.532. The molecule has 1 N–H and O–H groups in total. The van der Waals surface area contributed by atoms with E-state index in [1.807, 2.05) is 18.2 Å².